The fraction of sp³-hybridized carbons (Fsp3) is 0.286. The molecule has 31 heavy (non-hydrogen) atoms. The van der Waals surface area contributed by atoms with Crippen LogP contribution in [0.3, 0.4) is 0 Å². The third-order valence-electron chi connectivity index (χ3n) is 4.53. The molecule has 3 aromatic rings. The first-order chi connectivity index (χ1) is 14.8. The molecule has 0 aliphatic rings. The maximum absolute atomic E-state index is 12.9. The van der Waals surface area contributed by atoms with E-state index in [1.165, 1.54) is 4.31 Å². The highest BCUT2D eigenvalue weighted by atomic mass is 32.2. The fourth-order valence-corrected chi connectivity index (χ4v) is 5.79. The predicted octanol–water partition coefficient (Wildman–Crippen LogP) is 3.93. The number of benzene rings is 1. The van der Waals surface area contributed by atoms with Gasteiger partial charge in [-0.3, -0.25) is 0 Å². The smallest absolute Gasteiger partial charge is 0.252 e. The van der Waals surface area contributed by atoms with Crippen LogP contribution in [-0.4, -0.2) is 40.9 Å². The summed E-state index contributed by atoms with van der Waals surface area (Å²) in [6.07, 6.45) is 1.15. The minimum atomic E-state index is -3.66. The Bertz CT molecular complexity index is 1190. The molecule has 2 aromatic heterocycles. The van der Waals surface area contributed by atoms with Crippen molar-refractivity contribution in [3.8, 4) is 16.6 Å². The zero-order valence-electron chi connectivity index (χ0n) is 17.2. The highest BCUT2D eigenvalue weighted by molar-refractivity contribution is 7.91. The van der Waals surface area contributed by atoms with Crippen molar-refractivity contribution in [1.29, 1.82) is 5.26 Å². The number of nitrogens with zero attached hydrogens (tertiary/aromatic N) is 4. The molecule has 1 atom stereocenters. The van der Waals surface area contributed by atoms with Crippen LogP contribution in [0.5, 0.6) is 0 Å². The quantitative estimate of drug-likeness (QED) is 0.500. The van der Waals surface area contributed by atoms with Gasteiger partial charge >= 0.3 is 0 Å². The lowest BCUT2D eigenvalue weighted by Crippen LogP contribution is -2.31. The Balaban J connectivity index is 1.83. The van der Waals surface area contributed by atoms with Gasteiger partial charge in [0.25, 0.3) is 10.0 Å². The largest absolute Gasteiger partial charge is 0.389 e. The average Bonchev–Trinajstić information content (AvgIpc) is 3.26. The Hall–Kier alpha value is -2.84. The first-order valence-corrected chi connectivity index (χ1v) is 12.0. The number of thiophene rings is 1. The van der Waals surface area contributed by atoms with Crippen molar-refractivity contribution in [2.45, 2.75) is 30.6 Å². The maximum atomic E-state index is 12.9. The summed E-state index contributed by atoms with van der Waals surface area (Å²) in [5.74, 6) is 0.363. The van der Waals surface area contributed by atoms with Crippen LogP contribution in [-0.2, 0) is 10.0 Å². The van der Waals surface area contributed by atoms with E-state index in [2.05, 4.69) is 15.3 Å². The number of rotatable bonds is 9. The molecule has 0 bridgehead atoms. The molecule has 1 unspecified atom stereocenters. The van der Waals surface area contributed by atoms with E-state index in [0.29, 0.717) is 23.1 Å². The van der Waals surface area contributed by atoms with Crippen LogP contribution < -0.4 is 5.32 Å². The van der Waals surface area contributed by atoms with Gasteiger partial charge < -0.3 is 10.4 Å². The molecule has 0 aliphatic carbocycles. The van der Waals surface area contributed by atoms with Crippen molar-refractivity contribution >= 4 is 33.0 Å². The van der Waals surface area contributed by atoms with Crippen LogP contribution in [0, 0.1) is 11.3 Å². The molecule has 0 radical (unpaired) electrons. The van der Waals surface area contributed by atoms with Gasteiger partial charge in [-0.1, -0.05) is 19.1 Å². The van der Waals surface area contributed by atoms with E-state index >= 15 is 0 Å². The molecule has 0 saturated heterocycles. The van der Waals surface area contributed by atoms with Crippen molar-refractivity contribution in [3.63, 3.8) is 0 Å². The predicted molar refractivity (Wildman–Crippen MR) is 120 cm³/mol. The van der Waals surface area contributed by atoms with Gasteiger partial charge in [-0.15, -0.1) is 11.3 Å². The summed E-state index contributed by atoms with van der Waals surface area (Å²) in [4.78, 5) is 9.42. The zero-order chi connectivity index (χ0) is 22.4. The van der Waals surface area contributed by atoms with Gasteiger partial charge in [0.2, 0.25) is 5.95 Å². The molecule has 3 rings (SSSR count). The van der Waals surface area contributed by atoms with Crippen LogP contribution in [0.2, 0.25) is 0 Å². The van der Waals surface area contributed by atoms with E-state index in [0.717, 1.165) is 22.6 Å². The van der Waals surface area contributed by atoms with Crippen molar-refractivity contribution in [2.75, 3.05) is 18.4 Å². The number of anilines is 2. The number of aliphatic hydroxyl groups is 1. The molecule has 8 nitrogen and oxygen atoms in total. The minimum absolute atomic E-state index is 0.141. The molecule has 10 heteroatoms. The van der Waals surface area contributed by atoms with Crippen molar-refractivity contribution in [2.24, 2.45) is 0 Å². The second-order valence-corrected chi connectivity index (χ2v) is 9.96. The van der Waals surface area contributed by atoms with Crippen LogP contribution >= 0.6 is 11.3 Å². The Morgan fingerprint density at radius 3 is 2.81 bits per heavy atom. The molecule has 0 fully saturated rings. The van der Waals surface area contributed by atoms with Gasteiger partial charge in [0.15, 0.2) is 0 Å². The van der Waals surface area contributed by atoms with E-state index in [9.17, 15) is 13.5 Å². The normalized spacial score (nSPS) is 12.5. The van der Waals surface area contributed by atoms with Crippen LogP contribution in [0.15, 0.2) is 52.9 Å². The van der Waals surface area contributed by atoms with Gasteiger partial charge in [-0.05, 0) is 42.8 Å². The number of sulfonamides is 1. The monoisotopic (exact) mass is 457 g/mol. The van der Waals surface area contributed by atoms with Gasteiger partial charge in [-0.25, -0.2) is 18.4 Å². The summed E-state index contributed by atoms with van der Waals surface area (Å²) in [5.41, 5.74) is 2.10. The molecule has 0 aliphatic heterocycles. The molecule has 0 saturated carbocycles. The average molecular weight is 458 g/mol. The molecule has 2 N–H and O–H groups in total. The molecule has 0 spiro atoms. The molecular formula is C21H23N5O3S2. The highest BCUT2D eigenvalue weighted by Crippen LogP contribution is 2.32. The molecule has 0 amide bonds. The number of aromatic nitrogens is 2. The third-order valence-corrected chi connectivity index (χ3v) is 8.08. The summed E-state index contributed by atoms with van der Waals surface area (Å²) < 4.78 is 27.2. The number of nitriles is 1. The lowest BCUT2D eigenvalue weighted by molar-refractivity contribution is 0.199. The lowest BCUT2D eigenvalue weighted by atomic mass is 10.1. The van der Waals surface area contributed by atoms with Crippen LogP contribution in [0.25, 0.3) is 10.6 Å². The Morgan fingerprint density at radius 2 is 2.10 bits per heavy atom. The summed E-state index contributed by atoms with van der Waals surface area (Å²) >= 11 is 1.13. The number of aliphatic hydroxyl groups excluding tert-OH is 1. The van der Waals surface area contributed by atoms with E-state index in [-0.39, 0.29) is 17.2 Å². The topological polar surface area (TPSA) is 119 Å². The molecule has 2 heterocycles. The van der Waals surface area contributed by atoms with E-state index in [1.807, 2.05) is 30.3 Å². The molecule has 162 valence electrons. The maximum Gasteiger partial charge on any atom is 0.252 e. The zero-order valence-corrected chi connectivity index (χ0v) is 18.8. The van der Waals surface area contributed by atoms with E-state index in [4.69, 9.17) is 5.26 Å². The van der Waals surface area contributed by atoms with Crippen molar-refractivity contribution < 1.29 is 13.5 Å². The first-order valence-electron chi connectivity index (χ1n) is 9.70. The van der Waals surface area contributed by atoms with Gasteiger partial charge in [-0.2, -0.15) is 9.57 Å². The summed E-state index contributed by atoms with van der Waals surface area (Å²) in [5, 5.41) is 21.6. The third kappa shape index (κ3) is 5.45. The van der Waals surface area contributed by atoms with Gasteiger partial charge in [0, 0.05) is 31.4 Å². The summed E-state index contributed by atoms with van der Waals surface area (Å²) in [7, 11) is -3.66. The van der Waals surface area contributed by atoms with Crippen molar-refractivity contribution in [3.05, 3.63) is 54.2 Å². The van der Waals surface area contributed by atoms with Crippen LogP contribution in [0.4, 0.5) is 11.6 Å². The van der Waals surface area contributed by atoms with Gasteiger partial charge in [0.05, 0.1) is 22.7 Å². The number of hydrogen-bond acceptors (Lipinski definition) is 8. The van der Waals surface area contributed by atoms with Crippen LogP contribution in [0.1, 0.15) is 31.9 Å². The Labute approximate surface area is 185 Å². The van der Waals surface area contributed by atoms with E-state index < -0.39 is 16.1 Å². The SMILES string of the molecule is CCN(CCC#N)S(=O)(=O)c1ccc(-c2ccnc(Nc3cccc(C(C)O)c3)n2)s1. The Morgan fingerprint density at radius 1 is 1.29 bits per heavy atom. The van der Waals surface area contributed by atoms with E-state index in [1.54, 1.807) is 38.2 Å². The summed E-state index contributed by atoms with van der Waals surface area (Å²) in [6.45, 7) is 3.90. The lowest BCUT2D eigenvalue weighted by Gasteiger charge is -2.17. The second-order valence-electron chi connectivity index (χ2n) is 6.72. The number of hydrogen-bond donors (Lipinski definition) is 2. The molecular weight excluding hydrogens is 434 g/mol. The first kappa shape index (κ1) is 22.8. The molecule has 1 aromatic carbocycles. The minimum Gasteiger partial charge on any atom is -0.389 e. The van der Waals surface area contributed by atoms with Crippen molar-refractivity contribution in [1.82, 2.24) is 14.3 Å². The fourth-order valence-electron chi connectivity index (χ4n) is 2.91. The second kappa shape index (κ2) is 9.98. The number of nitrogens with one attached hydrogen (secondary N) is 1. The standard InChI is InChI=1S/C21H23N5O3S2/c1-3-26(13-5-11-22)31(28,29)20-9-8-19(30-20)18-10-12-23-21(25-18)24-17-7-4-6-16(14-17)15(2)27/h4,6-10,12,14-15,27H,3,5,13H2,1-2H3,(H,23,24,25). The highest BCUT2D eigenvalue weighted by Gasteiger charge is 2.25. The Kier molecular flexibility index (Phi) is 7.35. The van der Waals surface area contributed by atoms with Gasteiger partial charge in [0.1, 0.15) is 4.21 Å². The summed E-state index contributed by atoms with van der Waals surface area (Å²) in [6, 6.07) is 14.3.